The molecule has 0 spiro atoms. The third-order valence-corrected chi connectivity index (χ3v) is 2.06. The molecule has 1 aromatic rings. The van der Waals surface area contributed by atoms with E-state index in [2.05, 4.69) is 0 Å². The average Bonchev–Trinajstić information content (AvgIpc) is 2.51. The molecule has 0 bridgehead atoms. The molecule has 0 radical (unpaired) electrons. The van der Waals surface area contributed by atoms with Crippen LogP contribution in [0, 0.1) is 0 Å². The molecule has 1 heterocycles. The minimum Gasteiger partial charge on any atom is -0.377 e. The van der Waals surface area contributed by atoms with Crippen molar-refractivity contribution in [1.29, 1.82) is 0 Å². The van der Waals surface area contributed by atoms with Gasteiger partial charge in [-0.25, -0.2) is 8.78 Å². The van der Waals surface area contributed by atoms with Crippen LogP contribution in [0.1, 0.15) is 26.3 Å². The highest BCUT2D eigenvalue weighted by Crippen LogP contribution is 2.26. The smallest absolute Gasteiger partial charge is 0.271 e. The first-order valence-corrected chi connectivity index (χ1v) is 5.05. The highest BCUT2D eigenvalue weighted by molar-refractivity contribution is 5.15. The summed E-state index contributed by atoms with van der Waals surface area (Å²) in [6.07, 6.45) is 3.28. The Hall–Kier alpha value is -0.900. The average molecular weight is 217 g/mol. The van der Waals surface area contributed by atoms with Gasteiger partial charge in [-0.05, 0) is 19.9 Å². The molecular weight excluding hydrogens is 200 g/mol. The summed E-state index contributed by atoms with van der Waals surface area (Å²) in [6, 6.07) is 1.44. The molecule has 86 valence electrons. The summed E-state index contributed by atoms with van der Waals surface area (Å²) in [5.74, 6) is -2.76. The highest BCUT2D eigenvalue weighted by atomic mass is 19.3. The molecule has 0 aliphatic heterocycles. The van der Waals surface area contributed by atoms with Crippen molar-refractivity contribution in [2.45, 2.75) is 39.3 Å². The van der Waals surface area contributed by atoms with Gasteiger partial charge in [0.05, 0.1) is 12.7 Å². The SMILES string of the molecule is CC(C)OCCn1ccc(C(C)(F)F)c1. The van der Waals surface area contributed by atoms with Crippen molar-refractivity contribution in [2.24, 2.45) is 0 Å². The molecule has 0 saturated heterocycles. The predicted molar refractivity (Wildman–Crippen MR) is 55.1 cm³/mol. The van der Waals surface area contributed by atoms with E-state index < -0.39 is 5.92 Å². The van der Waals surface area contributed by atoms with Crippen LogP contribution in [-0.2, 0) is 17.2 Å². The zero-order chi connectivity index (χ0) is 11.5. The van der Waals surface area contributed by atoms with Crippen molar-refractivity contribution in [3.63, 3.8) is 0 Å². The fourth-order valence-electron chi connectivity index (χ4n) is 1.23. The standard InChI is InChI=1S/C11H17F2NO/c1-9(2)15-7-6-14-5-4-10(8-14)11(3,12)13/h4-5,8-9H,6-7H2,1-3H3. The lowest BCUT2D eigenvalue weighted by Gasteiger charge is -2.09. The third kappa shape index (κ3) is 4.00. The van der Waals surface area contributed by atoms with Gasteiger partial charge in [0.25, 0.3) is 5.92 Å². The molecule has 0 saturated carbocycles. The van der Waals surface area contributed by atoms with Gasteiger partial charge in [-0.2, -0.15) is 0 Å². The number of alkyl halides is 2. The van der Waals surface area contributed by atoms with Gasteiger partial charge >= 0.3 is 0 Å². The monoisotopic (exact) mass is 217 g/mol. The summed E-state index contributed by atoms with van der Waals surface area (Å²) in [4.78, 5) is 0. The second kappa shape index (κ2) is 4.75. The summed E-state index contributed by atoms with van der Waals surface area (Å²) in [6.45, 7) is 5.94. The zero-order valence-electron chi connectivity index (χ0n) is 9.34. The number of halogens is 2. The topological polar surface area (TPSA) is 14.2 Å². The van der Waals surface area contributed by atoms with Crippen LogP contribution >= 0.6 is 0 Å². The Morgan fingerprint density at radius 3 is 2.60 bits per heavy atom. The van der Waals surface area contributed by atoms with Crippen LogP contribution in [0.5, 0.6) is 0 Å². The quantitative estimate of drug-likeness (QED) is 0.739. The summed E-state index contributed by atoms with van der Waals surface area (Å²) in [5, 5.41) is 0. The van der Waals surface area contributed by atoms with Crippen molar-refractivity contribution < 1.29 is 13.5 Å². The Morgan fingerprint density at radius 1 is 1.47 bits per heavy atom. The van der Waals surface area contributed by atoms with Gasteiger partial charge in [0.1, 0.15) is 0 Å². The summed E-state index contributed by atoms with van der Waals surface area (Å²) in [5.41, 5.74) is 0.0482. The molecule has 0 unspecified atom stereocenters. The molecule has 0 fully saturated rings. The minimum absolute atomic E-state index is 0.0482. The second-order valence-electron chi connectivity index (χ2n) is 3.95. The normalized spacial score (nSPS) is 12.4. The summed E-state index contributed by atoms with van der Waals surface area (Å²) in [7, 11) is 0. The number of nitrogens with zero attached hydrogens (tertiary/aromatic N) is 1. The molecule has 4 heteroatoms. The summed E-state index contributed by atoms with van der Waals surface area (Å²) >= 11 is 0. The number of ether oxygens (including phenoxy) is 1. The molecule has 15 heavy (non-hydrogen) atoms. The van der Waals surface area contributed by atoms with E-state index in [1.54, 1.807) is 10.8 Å². The Balaban J connectivity index is 2.47. The van der Waals surface area contributed by atoms with Gasteiger partial charge in [0.15, 0.2) is 0 Å². The number of hydrogen-bond donors (Lipinski definition) is 0. The fraction of sp³-hybridized carbons (Fsp3) is 0.636. The van der Waals surface area contributed by atoms with Crippen molar-refractivity contribution in [3.05, 3.63) is 24.0 Å². The van der Waals surface area contributed by atoms with Crippen LogP contribution in [0.25, 0.3) is 0 Å². The second-order valence-corrected chi connectivity index (χ2v) is 3.95. The van der Waals surface area contributed by atoms with Gasteiger partial charge in [-0.15, -0.1) is 0 Å². The number of hydrogen-bond acceptors (Lipinski definition) is 1. The molecular formula is C11H17F2NO. The first kappa shape index (κ1) is 12.2. The van der Waals surface area contributed by atoms with E-state index in [-0.39, 0.29) is 11.7 Å². The maximum atomic E-state index is 12.9. The lowest BCUT2D eigenvalue weighted by Crippen LogP contribution is -2.10. The molecule has 2 nitrogen and oxygen atoms in total. The lowest BCUT2D eigenvalue weighted by atomic mass is 10.2. The Morgan fingerprint density at radius 2 is 2.13 bits per heavy atom. The molecule has 1 aromatic heterocycles. The van der Waals surface area contributed by atoms with Crippen molar-refractivity contribution in [3.8, 4) is 0 Å². The van der Waals surface area contributed by atoms with Crippen LogP contribution in [0.3, 0.4) is 0 Å². The molecule has 0 atom stereocenters. The third-order valence-electron chi connectivity index (χ3n) is 2.06. The Bertz CT molecular complexity index is 302. The lowest BCUT2D eigenvalue weighted by molar-refractivity contribution is 0.0173. The fourth-order valence-corrected chi connectivity index (χ4v) is 1.23. The first-order chi connectivity index (χ1) is 6.89. The Kier molecular flexibility index (Phi) is 3.85. The molecule has 1 rings (SSSR count). The van der Waals surface area contributed by atoms with E-state index in [1.165, 1.54) is 12.3 Å². The van der Waals surface area contributed by atoms with E-state index in [4.69, 9.17) is 4.74 Å². The van der Waals surface area contributed by atoms with Gasteiger partial charge in [0.2, 0.25) is 0 Å². The molecule has 0 N–H and O–H groups in total. The van der Waals surface area contributed by atoms with Gasteiger partial charge < -0.3 is 9.30 Å². The molecule has 0 aliphatic carbocycles. The maximum absolute atomic E-state index is 12.9. The van der Waals surface area contributed by atoms with E-state index in [9.17, 15) is 8.78 Å². The van der Waals surface area contributed by atoms with Crippen molar-refractivity contribution in [1.82, 2.24) is 4.57 Å². The molecule has 0 aromatic carbocycles. The van der Waals surface area contributed by atoms with Crippen LogP contribution in [0.2, 0.25) is 0 Å². The number of rotatable bonds is 5. The van der Waals surface area contributed by atoms with Crippen LogP contribution < -0.4 is 0 Å². The van der Waals surface area contributed by atoms with Crippen LogP contribution in [0.15, 0.2) is 18.5 Å². The number of aromatic nitrogens is 1. The predicted octanol–water partition coefficient (Wildman–Crippen LogP) is 3.02. The first-order valence-electron chi connectivity index (χ1n) is 5.05. The van der Waals surface area contributed by atoms with Crippen LogP contribution in [0.4, 0.5) is 8.78 Å². The zero-order valence-corrected chi connectivity index (χ0v) is 9.34. The van der Waals surface area contributed by atoms with Gasteiger partial charge in [-0.1, -0.05) is 0 Å². The molecule has 0 amide bonds. The van der Waals surface area contributed by atoms with Gasteiger partial charge in [-0.3, -0.25) is 0 Å². The van der Waals surface area contributed by atoms with E-state index in [0.29, 0.717) is 13.2 Å². The molecule has 0 aliphatic rings. The summed E-state index contributed by atoms with van der Waals surface area (Å²) < 4.78 is 32.8. The maximum Gasteiger partial charge on any atom is 0.271 e. The van der Waals surface area contributed by atoms with Crippen LogP contribution in [-0.4, -0.2) is 17.3 Å². The van der Waals surface area contributed by atoms with E-state index >= 15 is 0 Å². The minimum atomic E-state index is -2.76. The van der Waals surface area contributed by atoms with E-state index in [0.717, 1.165) is 6.92 Å². The highest BCUT2D eigenvalue weighted by Gasteiger charge is 2.24. The van der Waals surface area contributed by atoms with E-state index in [1.807, 2.05) is 13.8 Å². The largest absolute Gasteiger partial charge is 0.377 e. The Labute approximate surface area is 88.8 Å². The van der Waals surface area contributed by atoms with Gasteiger partial charge in [0, 0.05) is 31.4 Å². The van der Waals surface area contributed by atoms with Crippen molar-refractivity contribution in [2.75, 3.05) is 6.61 Å². The van der Waals surface area contributed by atoms with Crippen molar-refractivity contribution >= 4 is 0 Å².